The first kappa shape index (κ1) is 24.8. The SMILES string of the molecule is CC(C)CN(C(=O)c1cnc(C(C)(C)C)nc1Cl)[C@@H]1CN(C(=O)O)C[C@](C)(C(=O)O)C1. The molecule has 1 fully saturated rings. The van der Waals surface area contributed by atoms with Gasteiger partial charge in [0.1, 0.15) is 11.0 Å². The summed E-state index contributed by atoms with van der Waals surface area (Å²) in [5.41, 5.74) is -1.55. The highest BCUT2D eigenvalue weighted by Gasteiger charge is 2.46. The third-order valence-corrected chi connectivity index (χ3v) is 5.64. The van der Waals surface area contributed by atoms with Crippen molar-refractivity contribution in [3.63, 3.8) is 0 Å². The number of hydrogen-bond donors (Lipinski definition) is 2. The van der Waals surface area contributed by atoms with E-state index in [1.165, 1.54) is 18.0 Å². The fraction of sp³-hybridized carbons (Fsp3) is 0.667. The van der Waals surface area contributed by atoms with E-state index in [-0.39, 0.29) is 41.6 Å². The molecular formula is C21H31ClN4O5. The fourth-order valence-electron chi connectivity index (χ4n) is 3.71. The first-order valence-electron chi connectivity index (χ1n) is 10.2. The lowest BCUT2D eigenvalue weighted by atomic mass is 9.79. The first-order valence-corrected chi connectivity index (χ1v) is 10.6. The minimum absolute atomic E-state index is 0.0191. The highest BCUT2D eigenvalue weighted by Crippen LogP contribution is 2.34. The molecule has 2 amide bonds. The second-order valence-corrected chi connectivity index (χ2v) is 10.2. The molecule has 1 aliphatic rings. The van der Waals surface area contributed by atoms with E-state index in [4.69, 9.17) is 11.6 Å². The number of halogens is 1. The molecule has 2 N–H and O–H groups in total. The lowest BCUT2D eigenvalue weighted by Gasteiger charge is -2.45. The molecule has 1 aliphatic heterocycles. The number of carboxylic acid groups (broad SMARTS) is 2. The second-order valence-electron chi connectivity index (χ2n) is 9.89. The van der Waals surface area contributed by atoms with Crippen molar-refractivity contribution in [1.82, 2.24) is 19.8 Å². The zero-order valence-corrected chi connectivity index (χ0v) is 19.6. The number of hydrogen-bond acceptors (Lipinski definition) is 5. The van der Waals surface area contributed by atoms with Crippen LogP contribution in [0.3, 0.4) is 0 Å². The van der Waals surface area contributed by atoms with E-state index in [1.807, 2.05) is 34.6 Å². The van der Waals surface area contributed by atoms with Gasteiger partial charge in [-0.05, 0) is 19.3 Å². The summed E-state index contributed by atoms with van der Waals surface area (Å²) in [5, 5.41) is 19.3. The van der Waals surface area contributed by atoms with E-state index in [9.17, 15) is 24.6 Å². The predicted molar refractivity (Wildman–Crippen MR) is 115 cm³/mol. The van der Waals surface area contributed by atoms with E-state index < -0.39 is 29.4 Å². The molecule has 1 aromatic heterocycles. The Morgan fingerprint density at radius 3 is 2.39 bits per heavy atom. The van der Waals surface area contributed by atoms with Crippen LogP contribution in [0.15, 0.2) is 6.20 Å². The van der Waals surface area contributed by atoms with Crippen LogP contribution in [0.1, 0.15) is 64.1 Å². The zero-order chi connectivity index (χ0) is 23.7. The van der Waals surface area contributed by atoms with Crippen LogP contribution in [-0.4, -0.2) is 73.6 Å². The van der Waals surface area contributed by atoms with Crippen LogP contribution in [0.2, 0.25) is 5.15 Å². The zero-order valence-electron chi connectivity index (χ0n) is 18.8. The summed E-state index contributed by atoms with van der Waals surface area (Å²) >= 11 is 6.34. The van der Waals surface area contributed by atoms with Crippen molar-refractivity contribution >= 4 is 29.6 Å². The molecule has 172 valence electrons. The molecule has 9 nitrogen and oxygen atoms in total. The van der Waals surface area contributed by atoms with Crippen LogP contribution < -0.4 is 0 Å². The maximum Gasteiger partial charge on any atom is 0.407 e. The van der Waals surface area contributed by atoms with Crippen molar-refractivity contribution < 1.29 is 24.6 Å². The van der Waals surface area contributed by atoms with Crippen molar-refractivity contribution in [2.75, 3.05) is 19.6 Å². The number of aromatic nitrogens is 2. The molecule has 0 spiro atoms. The van der Waals surface area contributed by atoms with E-state index in [1.54, 1.807) is 0 Å². The number of rotatable bonds is 5. The Kier molecular flexibility index (Phi) is 7.20. The van der Waals surface area contributed by atoms with E-state index in [0.29, 0.717) is 12.4 Å². The molecule has 10 heteroatoms. The normalized spacial score (nSPS) is 21.8. The van der Waals surface area contributed by atoms with Gasteiger partial charge in [-0.15, -0.1) is 0 Å². The topological polar surface area (TPSA) is 124 Å². The molecule has 31 heavy (non-hydrogen) atoms. The Morgan fingerprint density at radius 1 is 1.32 bits per heavy atom. The number of carbonyl (C=O) groups excluding carboxylic acids is 1. The summed E-state index contributed by atoms with van der Waals surface area (Å²) in [7, 11) is 0. The molecule has 0 saturated carbocycles. The van der Waals surface area contributed by atoms with Crippen LogP contribution in [0.5, 0.6) is 0 Å². The van der Waals surface area contributed by atoms with Gasteiger partial charge in [0.15, 0.2) is 0 Å². The van der Waals surface area contributed by atoms with Gasteiger partial charge in [-0.3, -0.25) is 9.59 Å². The Balaban J connectivity index is 2.46. The number of amides is 2. The minimum Gasteiger partial charge on any atom is -0.481 e. The maximum absolute atomic E-state index is 13.5. The Morgan fingerprint density at radius 2 is 1.94 bits per heavy atom. The molecule has 0 aliphatic carbocycles. The van der Waals surface area contributed by atoms with Crippen molar-refractivity contribution in [1.29, 1.82) is 0 Å². The summed E-state index contributed by atoms with van der Waals surface area (Å²) < 4.78 is 0. The maximum atomic E-state index is 13.5. The predicted octanol–water partition coefficient (Wildman–Crippen LogP) is 3.37. The quantitative estimate of drug-likeness (QED) is 0.653. The Labute approximate surface area is 187 Å². The van der Waals surface area contributed by atoms with Gasteiger partial charge in [0.05, 0.1) is 17.0 Å². The van der Waals surface area contributed by atoms with Gasteiger partial charge >= 0.3 is 12.1 Å². The van der Waals surface area contributed by atoms with Crippen LogP contribution in [-0.2, 0) is 10.2 Å². The molecule has 2 atom stereocenters. The summed E-state index contributed by atoms with van der Waals surface area (Å²) in [5.74, 6) is -0.980. The smallest absolute Gasteiger partial charge is 0.407 e. The van der Waals surface area contributed by atoms with Crippen LogP contribution in [0.25, 0.3) is 0 Å². The molecule has 0 radical (unpaired) electrons. The van der Waals surface area contributed by atoms with Gasteiger partial charge in [-0.25, -0.2) is 14.8 Å². The van der Waals surface area contributed by atoms with Gasteiger partial charge in [0.2, 0.25) is 0 Å². The molecule has 1 aromatic rings. The summed E-state index contributed by atoms with van der Waals surface area (Å²) in [6.07, 6.45) is 0.299. The number of nitrogens with zero attached hydrogens (tertiary/aromatic N) is 4. The first-order chi connectivity index (χ1) is 14.2. The second kappa shape index (κ2) is 8.98. The van der Waals surface area contributed by atoms with Gasteiger partial charge in [-0.2, -0.15) is 0 Å². The summed E-state index contributed by atoms with van der Waals surface area (Å²) in [6.45, 7) is 11.3. The van der Waals surface area contributed by atoms with Crippen molar-refractivity contribution in [3.8, 4) is 0 Å². The highest BCUT2D eigenvalue weighted by atomic mass is 35.5. The average molecular weight is 455 g/mol. The largest absolute Gasteiger partial charge is 0.481 e. The number of likely N-dealkylation sites (tertiary alicyclic amines) is 1. The Hall–Kier alpha value is -2.42. The number of piperidine rings is 1. The van der Waals surface area contributed by atoms with Gasteiger partial charge in [-0.1, -0.05) is 46.2 Å². The summed E-state index contributed by atoms with van der Waals surface area (Å²) in [4.78, 5) is 48.2. The highest BCUT2D eigenvalue weighted by molar-refractivity contribution is 6.32. The minimum atomic E-state index is -1.31. The number of aliphatic carboxylic acids is 1. The lowest BCUT2D eigenvalue weighted by molar-refractivity contribution is -0.152. The molecule has 0 bridgehead atoms. The third kappa shape index (κ3) is 5.64. The average Bonchev–Trinajstić information content (AvgIpc) is 2.64. The number of carbonyl (C=O) groups is 3. The summed E-state index contributed by atoms with van der Waals surface area (Å²) in [6, 6.07) is -0.626. The standard InChI is InChI=1S/C21H31ClN4O5/c1-12(2)9-26(13-7-21(6,18(28)29)11-25(10-13)19(30)31)16(27)14-8-23-17(20(3,4)5)24-15(14)22/h8,12-13H,7,9-11H2,1-6H3,(H,28,29)(H,30,31)/t13-,21+/m0/s1. The fourth-order valence-corrected chi connectivity index (χ4v) is 3.92. The molecule has 2 heterocycles. The van der Waals surface area contributed by atoms with Crippen molar-refractivity contribution in [2.45, 2.75) is 59.4 Å². The molecule has 0 unspecified atom stereocenters. The number of carboxylic acids is 1. The molecular weight excluding hydrogens is 424 g/mol. The van der Waals surface area contributed by atoms with Crippen molar-refractivity contribution in [3.05, 3.63) is 22.7 Å². The van der Waals surface area contributed by atoms with E-state index >= 15 is 0 Å². The Bertz CT molecular complexity index is 870. The van der Waals surface area contributed by atoms with Gasteiger partial charge in [0.25, 0.3) is 5.91 Å². The molecule has 0 aromatic carbocycles. The monoisotopic (exact) mass is 454 g/mol. The van der Waals surface area contributed by atoms with E-state index in [0.717, 1.165) is 4.90 Å². The molecule has 2 rings (SSSR count). The molecule has 1 saturated heterocycles. The van der Waals surface area contributed by atoms with Crippen LogP contribution >= 0.6 is 11.6 Å². The van der Waals surface area contributed by atoms with Crippen LogP contribution in [0.4, 0.5) is 4.79 Å². The third-order valence-electron chi connectivity index (χ3n) is 5.35. The van der Waals surface area contributed by atoms with Gasteiger partial charge in [0, 0.05) is 31.2 Å². The van der Waals surface area contributed by atoms with Gasteiger partial charge < -0.3 is 20.0 Å². The van der Waals surface area contributed by atoms with Crippen molar-refractivity contribution in [2.24, 2.45) is 11.3 Å². The van der Waals surface area contributed by atoms with Crippen LogP contribution in [0, 0.1) is 11.3 Å². The lowest BCUT2D eigenvalue weighted by Crippen LogP contribution is -2.59. The van der Waals surface area contributed by atoms with E-state index in [2.05, 4.69) is 9.97 Å².